The maximum atomic E-state index is 12.9. The average molecular weight is 489 g/mol. The molecule has 8 heteroatoms. The van der Waals surface area contributed by atoms with Gasteiger partial charge in [-0.05, 0) is 87.6 Å². The van der Waals surface area contributed by atoms with Gasteiger partial charge in [-0.25, -0.2) is 0 Å². The van der Waals surface area contributed by atoms with Crippen molar-refractivity contribution in [1.82, 2.24) is 20.1 Å². The fourth-order valence-electron chi connectivity index (χ4n) is 6.45. The second kappa shape index (κ2) is 10.4. The zero-order valence-electron chi connectivity index (χ0n) is 20.1. The van der Waals surface area contributed by atoms with Crippen molar-refractivity contribution in [1.29, 1.82) is 0 Å². The summed E-state index contributed by atoms with van der Waals surface area (Å²) in [5.74, 6) is 1.44. The largest absolute Gasteiger partial charge is 0.401 e. The van der Waals surface area contributed by atoms with Crippen molar-refractivity contribution in [2.45, 2.75) is 50.7 Å². The molecule has 1 amide bonds. The maximum absolute atomic E-state index is 12.9. The van der Waals surface area contributed by atoms with E-state index in [1.807, 2.05) is 30.3 Å². The van der Waals surface area contributed by atoms with Gasteiger partial charge in [0.15, 0.2) is 0 Å². The van der Waals surface area contributed by atoms with Gasteiger partial charge in [-0.2, -0.15) is 13.2 Å². The fraction of sp³-hybridized carbons (Fsp3) is 0.630. The Bertz CT molecular complexity index is 1020. The molecule has 1 aliphatic carbocycles. The van der Waals surface area contributed by atoms with Crippen LogP contribution in [0.5, 0.6) is 0 Å². The van der Waals surface area contributed by atoms with E-state index in [9.17, 15) is 18.0 Å². The Balaban J connectivity index is 1.04. The molecule has 3 aliphatic rings. The third kappa shape index (κ3) is 6.15. The lowest BCUT2D eigenvalue weighted by molar-refractivity contribution is -0.144. The quantitative estimate of drug-likeness (QED) is 0.639. The highest BCUT2D eigenvalue weighted by Gasteiger charge is 2.41. The first-order valence-electron chi connectivity index (χ1n) is 13.0. The van der Waals surface area contributed by atoms with Crippen molar-refractivity contribution < 1.29 is 18.0 Å². The Labute approximate surface area is 205 Å². The summed E-state index contributed by atoms with van der Waals surface area (Å²) in [4.78, 5) is 21.3. The summed E-state index contributed by atoms with van der Waals surface area (Å²) < 4.78 is 38.3. The van der Waals surface area contributed by atoms with E-state index in [0.717, 1.165) is 69.1 Å². The van der Waals surface area contributed by atoms with E-state index in [4.69, 9.17) is 0 Å². The molecule has 1 aromatic heterocycles. The molecule has 35 heavy (non-hydrogen) atoms. The molecular weight excluding hydrogens is 453 g/mol. The molecule has 5 nitrogen and oxygen atoms in total. The summed E-state index contributed by atoms with van der Waals surface area (Å²) in [7, 11) is 0. The van der Waals surface area contributed by atoms with Crippen molar-refractivity contribution >= 4 is 16.8 Å². The smallest absolute Gasteiger partial charge is 0.349 e. The van der Waals surface area contributed by atoms with E-state index in [0.29, 0.717) is 36.4 Å². The molecular formula is C27H35F3N4O. The minimum atomic E-state index is -4.10. The number of alkyl halides is 3. The predicted molar refractivity (Wildman–Crippen MR) is 130 cm³/mol. The zero-order valence-corrected chi connectivity index (χ0v) is 20.1. The van der Waals surface area contributed by atoms with Crippen LogP contribution < -0.4 is 5.32 Å². The number of hydrogen-bond acceptors (Lipinski definition) is 4. The van der Waals surface area contributed by atoms with Crippen LogP contribution in [0.3, 0.4) is 0 Å². The second-order valence-electron chi connectivity index (χ2n) is 10.8. The highest BCUT2D eigenvalue weighted by atomic mass is 19.4. The Morgan fingerprint density at radius 2 is 1.74 bits per heavy atom. The number of pyridine rings is 1. The maximum Gasteiger partial charge on any atom is 0.401 e. The van der Waals surface area contributed by atoms with Gasteiger partial charge in [0.25, 0.3) is 5.91 Å². The molecule has 2 aromatic rings. The molecule has 1 N–H and O–H groups in total. The molecule has 2 saturated heterocycles. The van der Waals surface area contributed by atoms with E-state index in [1.54, 1.807) is 11.1 Å². The monoisotopic (exact) mass is 488 g/mol. The van der Waals surface area contributed by atoms with Gasteiger partial charge in [-0.1, -0.05) is 12.1 Å². The first-order chi connectivity index (χ1) is 16.8. The van der Waals surface area contributed by atoms with Gasteiger partial charge < -0.3 is 10.2 Å². The number of carbonyl (C=O) groups is 1. The first-order valence-corrected chi connectivity index (χ1v) is 13.0. The molecule has 1 unspecified atom stereocenters. The van der Waals surface area contributed by atoms with Crippen LogP contribution in [-0.4, -0.2) is 72.2 Å². The number of benzene rings is 1. The number of hydrogen-bond donors (Lipinski definition) is 1. The zero-order chi connectivity index (χ0) is 24.4. The number of rotatable bonds is 6. The summed E-state index contributed by atoms with van der Waals surface area (Å²) in [5, 5.41) is 4.12. The molecule has 0 bridgehead atoms. The fourth-order valence-corrected chi connectivity index (χ4v) is 6.45. The van der Waals surface area contributed by atoms with Crippen molar-refractivity contribution in [2.75, 3.05) is 39.3 Å². The highest BCUT2D eigenvalue weighted by Crippen LogP contribution is 2.34. The molecule has 0 spiro atoms. The third-order valence-electron chi connectivity index (χ3n) is 8.29. The number of nitrogens with one attached hydrogen (secondary N) is 1. The van der Waals surface area contributed by atoms with E-state index in [1.165, 1.54) is 0 Å². The number of fused-ring (bicyclic) bond motifs is 2. The SMILES string of the molecule is O=C(N[C@H]1CC[C@H](CCN2CCC3CN(CC(F)(F)F)C[C@@H]3C2)CC1)c1cccc2ncccc12. The minimum Gasteiger partial charge on any atom is -0.349 e. The van der Waals surface area contributed by atoms with Gasteiger partial charge in [0.2, 0.25) is 0 Å². The number of nitrogens with zero attached hydrogens (tertiary/aromatic N) is 3. The van der Waals surface area contributed by atoms with Gasteiger partial charge >= 0.3 is 6.18 Å². The van der Waals surface area contributed by atoms with Gasteiger partial charge in [-0.3, -0.25) is 14.7 Å². The van der Waals surface area contributed by atoms with Crippen LogP contribution in [0.1, 0.15) is 48.9 Å². The predicted octanol–water partition coefficient (Wildman–Crippen LogP) is 4.73. The first kappa shape index (κ1) is 24.5. The van der Waals surface area contributed by atoms with E-state index in [-0.39, 0.29) is 11.9 Å². The van der Waals surface area contributed by atoms with Crippen LogP contribution in [0, 0.1) is 17.8 Å². The van der Waals surface area contributed by atoms with E-state index >= 15 is 0 Å². The Kier molecular flexibility index (Phi) is 7.30. The Morgan fingerprint density at radius 1 is 0.971 bits per heavy atom. The molecule has 0 radical (unpaired) electrons. The average Bonchev–Trinajstić information content (AvgIpc) is 3.23. The van der Waals surface area contributed by atoms with Crippen LogP contribution in [0.2, 0.25) is 0 Å². The number of piperidine rings is 1. The van der Waals surface area contributed by atoms with Crippen LogP contribution in [0.15, 0.2) is 36.5 Å². The molecule has 2 atom stereocenters. The van der Waals surface area contributed by atoms with Gasteiger partial charge in [0, 0.05) is 42.8 Å². The van der Waals surface area contributed by atoms with Crippen molar-refractivity contribution in [3.8, 4) is 0 Å². The third-order valence-corrected chi connectivity index (χ3v) is 8.29. The van der Waals surface area contributed by atoms with Gasteiger partial charge in [-0.15, -0.1) is 0 Å². The number of aromatic nitrogens is 1. The van der Waals surface area contributed by atoms with E-state index in [2.05, 4.69) is 15.2 Å². The molecule has 5 rings (SSSR count). The summed E-state index contributed by atoms with van der Waals surface area (Å²) in [6, 6.07) is 9.67. The molecule has 3 heterocycles. The highest BCUT2D eigenvalue weighted by molar-refractivity contribution is 6.06. The molecule has 2 aliphatic heterocycles. The van der Waals surface area contributed by atoms with Crippen molar-refractivity contribution in [3.05, 3.63) is 42.1 Å². The Morgan fingerprint density at radius 3 is 2.54 bits per heavy atom. The molecule has 190 valence electrons. The lowest BCUT2D eigenvalue weighted by Crippen LogP contribution is -2.41. The number of carbonyl (C=O) groups excluding carboxylic acids is 1. The van der Waals surface area contributed by atoms with Crippen molar-refractivity contribution in [2.24, 2.45) is 17.8 Å². The lowest BCUT2D eigenvalue weighted by Gasteiger charge is -2.36. The number of likely N-dealkylation sites (tertiary alicyclic amines) is 2. The standard InChI is InChI=1S/C27H35F3N4O/c28-27(29,30)18-34-15-20-11-14-33(16-21(20)17-34)13-10-19-6-8-22(9-7-19)32-26(35)24-3-1-5-25-23(24)4-2-12-31-25/h1-5,12,19-22H,6-11,13-18H2,(H,32,35)/t19-,20?,21-,22-/m0/s1. The lowest BCUT2D eigenvalue weighted by atomic mass is 9.83. The second-order valence-corrected chi connectivity index (χ2v) is 10.8. The van der Waals surface area contributed by atoms with Crippen LogP contribution in [0.25, 0.3) is 10.9 Å². The molecule has 1 saturated carbocycles. The summed E-state index contributed by atoms with van der Waals surface area (Å²) in [6.45, 7) is 3.39. The van der Waals surface area contributed by atoms with Crippen molar-refractivity contribution in [3.63, 3.8) is 0 Å². The van der Waals surface area contributed by atoms with Gasteiger partial charge in [0.05, 0.1) is 12.1 Å². The summed E-state index contributed by atoms with van der Waals surface area (Å²) in [5.41, 5.74) is 1.51. The molecule has 3 fully saturated rings. The van der Waals surface area contributed by atoms with E-state index < -0.39 is 12.7 Å². The normalized spacial score (nSPS) is 28.2. The van der Waals surface area contributed by atoms with Crippen LogP contribution in [-0.2, 0) is 0 Å². The van der Waals surface area contributed by atoms with Gasteiger partial charge in [0.1, 0.15) is 0 Å². The topological polar surface area (TPSA) is 48.5 Å². The van der Waals surface area contributed by atoms with Crippen LogP contribution >= 0.6 is 0 Å². The number of halogens is 3. The summed E-state index contributed by atoms with van der Waals surface area (Å²) in [6.07, 6.45) is 4.01. The number of amides is 1. The molecule has 1 aromatic carbocycles. The van der Waals surface area contributed by atoms with Crippen LogP contribution in [0.4, 0.5) is 13.2 Å². The Hall–Kier alpha value is -2.19. The minimum absolute atomic E-state index is 0.0222. The summed E-state index contributed by atoms with van der Waals surface area (Å²) >= 11 is 0.